The van der Waals surface area contributed by atoms with Crippen LogP contribution in [0.2, 0.25) is 0 Å². The van der Waals surface area contributed by atoms with E-state index in [4.69, 9.17) is 4.74 Å². The Balaban J connectivity index is 1.96. The van der Waals surface area contributed by atoms with Crippen LogP contribution in [-0.4, -0.2) is 38.4 Å². The summed E-state index contributed by atoms with van der Waals surface area (Å²) in [6, 6.07) is 4.09. The van der Waals surface area contributed by atoms with Crippen LogP contribution in [0.5, 0.6) is 5.75 Å². The number of nitrogens with zero attached hydrogens (tertiary/aromatic N) is 1. The first-order valence-electron chi connectivity index (χ1n) is 6.15. The fourth-order valence-corrected chi connectivity index (χ4v) is 2.67. The second-order valence-corrected chi connectivity index (χ2v) is 4.74. The van der Waals surface area contributed by atoms with Gasteiger partial charge in [0.1, 0.15) is 5.75 Å². The molecule has 0 aliphatic carbocycles. The number of likely N-dealkylation sites (N-methyl/N-ethyl adjacent to an activating group) is 1. The lowest BCUT2D eigenvalue weighted by Gasteiger charge is -2.25. The van der Waals surface area contributed by atoms with Crippen LogP contribution in [-0.2, 0) is 11.2 Å². The highest BCUT2D eigenvalue weighted by Gasteiger charge is 2.25. The minimum atomic E-state index is -0.0139. The molecule has 0 aromatic heterocycles. The second kappa shape index (κ2) is 4.20. The van der Waals surface area contributed by atoms with Gasteiger partial charge in [-0.2, -0.15) is 0 Å². The van der Waals surface area contributed by atoms with Gasteiger partial charge in [-0.3, -0.25) is 0 Å². The quantitative estimate of drug-likeness (QED) is 0.762. The highest BCUT2D eigenvalue weighted by molar-refractivity contribution is 5.65. The SMILES string of the molecule is CN1CCc2c1ccc(C1CNCCO1)c2O. The Kier molecular flexibility index (Phi) is 2.68. The highest BCUT2D eigenvalue weighted by atomic mass is 16.5. The molecule has 0 amide bonds. The van der Waals surface area contributed by atoms with Gasteiger partial charge >= 0.3 is 0 Å². The van der Waals surface area contributed by atoms with E-state index in [2.05, 4.69) is 23.3 Å². The van der Waals surface area contributed by atoms with Crippen molar-refractivity contribution in [3.63, 3.8) is 0 Å². The maximum atomic E-state index is 10.3. The lowest BCUT2D eigenvalue weighted by Crippen LogP contribution is -2.33. The summed E-state index contributed by atoms with van der Waals surface area (Å²) in [5.41, 5.74) is 3.14. The molecule has 0 bridgehead atoms. The van der Waals surface area contributed by atoms with E-state index in [0.29, 0.717) is 12.4 Å². The van der Waals surface area contributed by atoms with Gasteiger partial charge in [-0.25, -0.2) is 0 Å². The fourth-order valence-electron chi connectivity index (χ4n) is 2.67. The number of morpholine rings is 1. The van der Waals surface area contributed by atoms with Gasteiger partial charge < -0.3 is 20.1 Å². The third-order valence-corrected chi connectivity index (χ3v) is 3.67. The molecule has 92 valence electrons. The van der Waals surface area contributed by atoms with E-state index >= 15 is 0 Å². The molecule has 1 saturated heterocycles. The lowest BCUT2D eigenvalue weighted by atomic mass is 10.0. The van der Waals surface area contributed by atoms with Crippen molar-refractivity contribution in [3.8, 4) is 5.75 Å². The van der Waals surface area contributed by atoms with Crippen molar-refractivity contribution in [1.82, 2.24) is 5.32 Å². The Morgan fingerprint density at radius 2 is 2.35 bits per heavy atom. The molecule has 17 heavy (non-hydrogen) atoms. The molecule has 3 rings (SSSR count). The van der Waals surface area contributed by atoms with Gasteiger partial charge in [-0.1, -0.05) is 6.07 Å². The fraction of sp³-hybridized carbons (Fsp3) is 0.538. The zero-order valence-electron chi connectivity index (χ0n) is 10.1. The van der Waals surface area contributed by atoms with Gasteiger partial charge in [0.25, 0.3) is 0 Å². The van der Waals surface area contributed by atoms with Crippen molar-refractivity contribution in [3.05, 3.63) is 23.3 Å². The molecule has 2 aliphatic rings. The maximum absolute atomic E-state index is 10.3. The van der Waals surface area contributed by atoms with Crippen molar-refractivity contribution < 1.29 is 9.84 Å². The molecule has 0 spiro atoms. The average molecular weight is 234 g/mol. The normalized spacial score (nSPS) is 23.8. The third kappa shape index (κ3) is 1.77. The lowest BCUT2D eigenvalue weighted by molar-refractivity contribution is 0.0263. The van der Waals surface area contributed by atoms with Crippen LogP contribution in [0.1, 0.15) is 17.2 Å². The van der Waals surface area contributed by atoms with Crippen molar-refractivity contribution in [2.75, 3.05) is 38.2 Å². The Hall–Kier alpha value is -1.26. The Morgan fingerprint density at radius 3 is 3.12 bits per heavy atom. The van der Waals surface area contributed by atoms with E-state index in [1.165, 1.54) is 0 Å². The smallest absolute Gasteiger partial charge is 0.126 e. The molecule has 2 N–H and O–H groups in total. The number of nitrogens with one attached hydrogen (secondary N) is 1. The van der Waals surface area contributed by atoms with Crippen molar-refractivity contribution in [1.29, 1.82) is 0 Å². The monoisotopic (exact) mass is 234 g/mol. The molecule has 1 fully saturated rings. The number of rotatable bonds is 1. The molecule has 0 saturated carbocycles. The third-order valence-electron chi connectivity index (χ3n) is 3.67. The maximum Gasteiger partial charge on any atom is 0.126 e. The minimum absolute atomic E-state index is 0.0139. The molecule has 4 nitrogen and oxygen atoms in total. The Labute approximate surface area is 101 Å². The van der Waals surface area contributed by atoms with Crippen LogP contribution in [0.15, 0.2) is 12.1 Å². The van der Waals surface area contributed by atoms with Gasteiger partial charge in [0.2, 0.25) is 0 Å². The van der Waals surface area contributed by atoms with Crippen molar-refractivity contribution >= 4 is 5.69 Å². The number of hydrogen-bond acceptors (Lipinski definition) is 4. The van der Waals surface area contributed by atoms with E-state index < -0.39 is 0 Å². The molecule has 2 aliphatic heterocycles. The molecule has 1 aromatic rings. The van der Waals surface area contributed by atoms with Crippen LogP contribution >= 0.6 is 0 Å². The van der Waals surface area contributed by atoms with E-state index in [1.807, 2.05) is 6.07 Å². The summed E-state index contributed by atoms with van der Waals surface area (Å²) in [6.07, 6.45) is 0.908. The number of benzene rings is 1. The molecule has 4 heteroatoms. The summed E-state index contributed by atoms with van der Waals surface area (Å²) in [5.74, 6) is 0.431. The number of fused-ring (bicyclic) bond motifs is 1. The predicted molar refractivity (Wildman–Crippen MR) is 66.6 cm³/mol. The molecule has 1 aromatic carbocycles. The number of hydrogen-bond donors (Lipinski definition) is 2. The van der Waals surface area contributed by atoms with Gasteiger partial charge in [0, 0.05) is 43.5 Å². The average Bonchev–Trinajstić information content (AvgIpc) is 2.74. The summed E-state index contributed by atoms with van der Waals surface area (Å²) in [6.45, 7) is 3.37. The molecule has 0 radical (unpaired) electrons. The number of phenols is 1. The summed E-state index contributed by atoms with van der Waals surface area (Å²) >= 11 is 0. The van der Waals surface area contributed by atoms with E-state index in [0.717, 1.165) is 42.9 Å². The predicted octanol–water partition coefficient (Wildman–Crippen LogP) is 1.05. The zero-order chi connectivity index (χ0) is 11.8. The van der Waals surface area contributed by atoms with Gasteiger partial charge in [-0.05, 0) is 12.5 Å². The van der Waals surface area contributed by atoms with Crippen LogP contribution in [0.25, 0.3) is 0 Å². The number of phenolic OH excluding ortho intramolecular Hbond substituents is 1. The summed E-state index contributed by atoms with van der Waals surface area (Å²) in [4.78, 5) is 2.18. The Morgan fingerprint density at radius 1 is 1.47 bits per heavy atom. The largest absolute Gasteiger partial charge is 0.507 e. The molecule has 2 heterocycles. The van der Waals surface area contributed by atoms with Gasteiger partial charge in [-0.15, -0.1) is 0 Å². The Bertz CT molecular complexity index is 428. The number of aromatic hydroxyl groups is 1. The van der Waals surface area contributed by atoms with Crippen LogP contribution in [0, 0.1) is 0 Å². The first kappa shape index (κ1) is 10.9. The van der Waals surface area contributed by atoms with Crippen LogP contribution in [0.3, 0.4) is 0 Å². The van der Waals surface area contributed by atoms with Gasteiger partial charge in [0.05, 0.1) is 12.7 Å². The molecule has 1 unspecified atom stereocenters. The highest BCUT2D eigenvalue weighted by Crippen LogP contribution is 2.39. The topological polar surface area (TPSA) is 44.7 Å². The second-order valence-electron chi connectivity index (χ2n) is 4.74. The van der Waals surface area contributed by atoms with Crippen LogP contribution in [0.4, 0.5) is 5.69 Å². The summed E-state index contributed by atoms with van der Waals surface area (Å²) in [5, 5.41) is 13.6. The molecule has 1 atom stereocenters. The number of anilines is 1. The first-order chi connectivity index (χ1) is 8.27. The molecular weight excluding hydrogens is 216 g/mol. The minimum Gasteiger partial charge on any atom is -0.507 e. The van der Waals surface area contributed by atoms with Gasteiger partial charge in [0.15, 0.2) is 0 Å². The number of ether oxygens (including phenoxy) is 1. The summed E-state index contributed by atoms with van der Waals surface area (Å²) < 4.78 is 5.70. The van der Waals surface area contributed by atoms with Crippen LogP contribution < -0.4 is 10.2 Å². The molecular formula is C13H18N2O2. The standard InChI is InChI=1S/C13H18N2O2/c1-15-6-4-9-11(15)3-2-10(13(9)16)12-8-14-5-7-17-12/h2-3,12,14,16H,4-8H2,1H3. The van der Waals surface area contributed by atoms with Crippen molar-refractivity contribution in [2.24, 2.45) is 0 Å². The van der Waals surface area contributed by atoms with E-state index in [1.54, 1.807) is 0 Å². The first-order valence-corrected chi connectivity index (χ1v) is 6.15. The van der Waals surface area contributed by atoms with E-state index in [9.17, 15) is 5.11 Å². The summed E-state index contributed by atoms with van der Waals surface area (Å²) in [7, 11) is 2.06. The van der Waals surface area contributed by atoms with Crippen molar-refractivity contribution in [2.45, 2.75) is 12.5 Å². The van der Waals surface area contributed by atoms with E-state index in [-0.39, 0.29) is 6.10 Å². The zero-order valence-corrected chi connectivity index (χ0v) is 10.1.